The third-order valence-electron chi connectivity index (χ3n) is 4.13. The SMILES string of the molecule is CC1CC(NC(=O)OC(C)(C)C)CC(c2ccncc2[N+](=O)[O-])C1. The summed E-state index contributed by atoms with van der Waals surface area (Å²) in [4.78, 5) is 26.7. The Kier molecular flexibility index (Phi) is 5.41. The monoisotopic (exact) mass is 335 g/mol. The topological polar surface area (TPSA) is 94.4 Å². The van der Waals surface area contributed by atoms with Gasteiger partial charge in [-0.05, 0) is 57.9 Å². The molecule has 132 valence electrons. The van der Waals surface area contributed by atoms with E-state index in [1.54, 1.807) is 12.3 Å². The van der Waals surface area contributed by atoms with Gasteiger partial charge in [0.05, 0.1) is 4.92 Å². The van der Waals surface area contributed by atoms with E-state index in [1.165, 1.54) is 6.20 Å². The fourth-order valence-corrected chi connectivity index (χ4v) is 3.34. The van der Waals surface area contributed by atoms with Crippen molar-refractivity contribution in [2.45, 2.75) is 64.5 Å². The Morgan fingerprint density at radius 2 is 2.08 bits per heavy atom. The number of nitrogens with zero attached hydrogens (tertiary/aromatic N) is 2. The smallest absolute Gasteiger partial charge is 0.407 e. The zero-order valence-corrected chi connectivity index (χ0v) is 14.6. The number of aromatic nitrogens is 1. The zero-order valence-electron chi connectivity index (χ0n) is 14.6. The van der Waals surface area contributed by atoms with E-state index >= 15 is 0 Å². The highest BCUT2D eigenvalue weighted by Gasteiger charge is 2.32. The largest absolute Gasteiger partial charge is 0.444 e. The van der Waals surface area contributed by atoms with Crippen molar-refractivity contribution in [1.29, 1.82) is 0 Å². The molecule has 24 heavy (non-hydrogen) atoms. The molecule has 1 aromatic rings. The molecule has 2 rings (SSSR count). The molecule has 1 aromatic heterocycles. The van der Waals surface area contributed by atoms with Crippen LogP contribution >= 0.6 is 0 Å². The first-order chi connectivity index (χ1) is 11.2. The number of carbonyl (C=O) groups is 1. The van der Waals surface area contributed by atoms with E-state index in [0.717, 1.165) is 12.8 Å². The molecule has 1 heterocycles. The van der Waals surface area contributed by atoms with E-state index < -0.39 is 16.6 Å². The van der Waals surface area contributed by atoms with Crippen LogP contribution in [-0.4, -0.2) is 27.6 Å². The molecule has 3 unspecified atom stereocenters. The van der Waals surface area contributed by atoms with Crippen LogP contribution in [0.4, 0.5) is 10.5 Å². The van der Waals surface area contributed by atoms with E-state index in [2.05, 4.69) is 17.2 Å². The normalized spacial score (nSPS) is 24.2. The van der Waals surface area contributed by atoms with Gasteiger partial charge in [0, 0.05) is 17.8 Å². The summed E-state index contributed by atoms with van der Waals surface area (Å²) in [5.74, 6) is 0.383. The van der Waals surface area contributed by atoms with Crippen molar-refractivity contribution >= 4 is 11.8 Å². The molecule has 7 nitrogen and oxygen atoms in total. The standard InChI is InChI=1S/C17H25N3O4/c1-11-7-12(14-5-6-18-10-15(14)20(22)23)9-13(8-11)19-16(21)24-17(2,3)4/h5-6,10-13H,7-9H2,1-4H3,(H,19,21). The van der Waals surface area contributed by atoms with E-state index in [1.807, 2.05) is 20.8 Å². The van der Waals surface area contributed by atoms with Gasteiger partial charge in [-0.1, -0.05) is 6.92 Å². The van der Waals surface area contributed by atoms with Crippen LogP contribution in [0.5, 0.6) is 0 Å². The molecule has 0 spiro atoms. The number of hydrogen-bond acceptors (Lipinski definition) is 5. The molecule has 1 amide bonds. The number of carbonyl (C=O) groups excluding carboxylic acids is 1. The maximum absolute atomic E-state index is 12.0. The fourth-order valence-electron chi connectivity index (χ4n) is 3.34. The molecule has 0 radical (unpaired) electrons. The van der Waals surface area contributed by atoms with E-state index in [9.17, 15) is 14.9 Å². The van der Waals surface area contributed by atoms with Gasteiger partial charge in [-0.2, -0.15) is 0 Å². The Bertz CT molecular complexity index is 612. The molecular formula is C17H25N3O4. The van der Waals surface area contributed by atoms with Crippen LogP contribution < -0.4 is 5.32 Å². The van der Waals surface area contributed by atoms with Crippen LogP contribution in [-0.2, 0) is 4.74 Å². The highest BCUT2D eigenvalue weighted by Crippen LogP contribution is 2.39. The van der Waals surface area contributed by atoms with Gasteiger partial charge in [-0.15, -0.1) is 0 Å². The molecule has 0 saturated heterocycles. The molecule has 1 aliphatic rings. The number of nitrogens with one attached hydrogen (secondary N) is 1. The number of nitro groups is 1. The van der Waals surface area contributed by atoms with E-state index in [-0.39, 0.29) is 17.6 Å². The van der Waals surface area contributed by atoms with E-state index in [0.29, 0.717) is 17.9 Å². The van der Waals surface area contributed by atoms with Gasteiger partial charge in [0.15, 0.2) is 0 Å². The average molecular weight is 335 g/mol. The minimum atomic E-state index is -0.548. The summed E-state index contributed by atoms with van der Waals surface area (Å²) in [6, 6.07) is 1.66. The number of rotatable bonds is 3. The third-order valence-corrected chi connectivity index (χ3v) is 4.13. The zero-order chi connectivity index (χ0) is 17.9. The van der Waals surface area contributed by atoms with Gasteiger partial charge < -0.3 is 10.1 Å². The van der Waals surface area contributed by atoms with Crippen molar-refractivity contribution in [1.82, 2.24) is 10.3 Å². The quantitative estimate of drug-likeness (QED) is 0.670. The highest BCUT2D eigenvalue weighted by atomic mass is 16.6. The summed E-state index contributed by atoms with van der Waals surface area (Å²) in [6.07, 6.45) is 4.80. The maximum Gasteiger partial charge on any atom is 0.407 e. The Labute approximate surface area is 142 Å². The van der Waals surface area contributed by atoms with E-state index in [4.69, 9.17) is 4.74 Å². The second-order valence-electron chi connectivity index (χ2n) is 7.54. The number of alkyl carbamates (subject to hydrolysis) is 1. The van der Waals surface area contributed by atoms with Crippen LogP contribution in [0.3, 0.4) is 0 Å². The van der Waals surface area contributed by atoms with Gasteiger partial charge in [0.2, 0.25) is 0 Å². The Balaban J connectivity index is 2.11. The maximum atomic E-state index is 12.0. The van der Waals surface area contributed by atoms with Gasteiger partial charge in [-0.25, -0.2) is 4.79 Å². The fraction of sp³-hybridized carbons (Fsp3) is 0.647. The molecular weight excluding hydrogens is 310 g/mol. The lowest BCUT2D eigenvalue weighted by Crippen LogP contribution is -2.42. The first-order valence-electron chi connectivity index (χ1n) is 8.23. The first-order valence-corrected chi connectivity index (χ1v) is 8.23. The van der Waals surface area contributed by atoms with Crippen molar-refractivity contribution in [2.75, 3.05) is 0 Å². The second-order valence-corrected chi connectivity index (χ2v) is 7.54. The van der Waals surface area contributed by atoms with Gasteiger partial charge >= 0.3 is 6.09 Å². The van der Waals surface area contributed by atoms with Gasteiger partial charge in [-0.3, -0.25) is 15.1 Å². The summed E-state index contributed by atoms with van der Waals surface area (Å²) in [5, 5.41) is 14.1. The molecule has 0 bridgehead atoms. The van der Waals surface area contributed by atoms with Crippen LogP contribution in [0.25, 0.3) is 0 Å². The number of pyridine rings is 1. The van der Waals surface area contributed by atoms with Crippen LogP contribution in [0.15, 0.2) is 18.5 Å². The van der Waals surface area contributed by atoms with Crippen molar-refractivity contribution in [3.05, 3.63) is 34.1 Å². The Morgan fingerprint density at radius 3 is 2.71 bits per heavy atom. The summed E-state index contributed by atoms with van der Waals surface area (Å²) in [6.45, 7) is 7.56. The lowest BCUT2D eigenvalue weighted by molar-refractivity contribution is -0.386. The molecule has 3 atom stereocenters. The van der Waals surface area contributed by atoms with Crippen molar-refractivity contribution in [3.8, 4) is 0 Å². The lowest BCUT2D eigenvalue weighted by atomic mass is 9.76. The number of amides is 1. The Morgan fingerprint density at radius 1 is 1.38 bits per heavy atom. The van der Waals surface area contributed by atoms with Crippen LogP contribution in [0.2, 0.25) is 0 Å². The molecule has 7 heteroatoms. The summed E-state index contributed by atoms with van der Waals surface area (Å²) in [7, 11) is 0. The Hall–Kier alpha value is -2.18. The average Bonchev–Trinajstić information content (AvgIpc) is 2.44. The molecule has 0 aliphatic heterocycles. The molecule has 1 aliphatic carbocycles. The number of hydrogen-bond donors (Lipinski definition) is 1. The molecule has 0 aromatic carbocycles. The summed E-state index contributed by atoms with van der Waals surface area (Å²) >= 11 is 0. The predicted octanol–water partition coefficient (Wildman–Crippen LogP) is 3.79. The lowest BCUT2D eigenvalue weighted by Gasteiger charge is -2.34. The van der Waals surface area contributed by atoms with Gasteiger partial charge in [0.25, 0.3) is 5.69 Å². The van der Waals surface area contributed by atoms with Crippen molar-refractivity contribution < 1.29 is 14.5 Å². The minimum absolute atomic E-state index is 0.0251. The molecule has 1 N–H and O–H groups in total. The van der Waals surface area contributed by atoms with Crippen LogP contribution in [0.1, 0.15) is 58.4 Å². The molecule has 1 saturated carbocycles. The minimum Gasteiger partial charge on any atom is -0.444 e. The second kappa shape index (κ2) is 7.15. The molecule has 1 fully saturated rings. The third kappa shape index (κ3) is 4.91. The summed E-state index contributed by atoms with van der Waals surface area (Å²) in [5.41, 5.74) is 0.193. The van der Waals surface area contributed by atoms with Gasteiger partial charge in [0.1, 0.15) is 11.8 Å². The number of ether oxygens (including phenoxy) is 1. The predicted molar refractivity (Wildman–Crippen MR) is 89.8 cm³/mol. The van der Waals surface area contributed by atoms with Crippen molar-refractivity contribution in [2.24, 2.45) is 5.92 Å². The van der Waals surface area contributed by atoms with Crippen molar-refractivity contribution in [3.63, 3.8) is 0 Å². The summed E-state index contributed by atoms with van der Waals surface area (Å²) < 4.78 is 5.31. The highest BCUT2D eigenvalue weighted by molar-refractivity contribution is 5.68. The first kappa shape index (κ1) is 18.2. The van der Waals surface area contributed by atoms with Crippen LogP contribution in [0, 0.1) is 16.0 Å².